The molecule has 1 unspecified atom stereocenters. The number of carbonyl (C=O) groups is 3. The highest BCUT2D eigenvalue weighted by Gasteiger charge is 2.28. The average molecular weight is 501 g/mol. The van der Waals surface area contributed by atoms with E-state index in [1.807, 2.05) is 5.48 Å². The standard InChI is InChI=1S/C26H33FN4O5/c1-3-7-24(33)36-29-26(35)20-15-31(18-10-11-30(14-18)16(2)32)23-13-22(21(27)12-19(23)25(20)34)28-17-8-5-4-6-9-17/h12-13,15,17-18,28H,3-11,14H2,1-2H3,(H,29,35). The summed E-state index contributed by atoms with van der Waals surface area (Å²) in [5, 5.41) is 3.35. The van der Waals surface area contributed by atoms with E-state index in [1.165, 1.54) is 19.5 Å². The molecule has 1 aromatic heterocycles. The molecule has 4 rings (SSSR count). The number of benzene rings is 1. The van der Waals surface area contributed by atoms with Gasteiger partial charge in [0.25, 0.3) is 5.91 Å². The van der Waals surface area contributed by atoms with Crippen LogP contribution in [0, 0.1) is 5.82 Å². The number of hydrogen-bond acceptors (Lipinski definition) is 6. The minimum Gasteiger partial charge on any atom is -0.380 e. The van der Waals surface area contributed by atoms with Gasteiger partial charge in [0.15, 0.2) is 0 Å². The van der Waals surface area contributed by atoms with Crippen molar-refractivity contribution in [2.24, 2.45) is 0 Å². The number of nitrogens with zero attached hydrogens (tertiary/aromatic N) is 2. The number of carbonyl (C=O) groups excluding carboxylic acids is 3. The summed E-state index contributed by atoms with van der Waals surface area (Å²) in [6.45, 7) is 4.24. The van der Waals surface area contributed by atoms with Gasteiger partial charge in [-0.3, -0.25) is 14.4 Å². The molecule has 2 heterocycles. The third kappa shape index (κ3) is 5.52. The quantitative estimate of drug-likeness (QED) is 0.586. The van der Waals surface area contributed by atoms with Crippen molar-refractivity contribution in [3.8, 4) is 0 Å². The fourth-order valence-corrected chi connectivity index (χ4v) is 5.08. The van der Waals surface area contributed by atoms with Crippen molar-refractivity contribution in [2.75, 3.05) is 18.4 Å². The first-order valence-electron chi connectivity index (χ1n) is 12.7. The number of nitrogens with one attached hydrogen (secondary N) is 2. The van der Waals surface area contributed by atoms with E-state index in [1.54, 1.807) is 22.5 Å². The maximum Gasteiger partial charge on any atom is 0.332 e. The lowest BCUT2D eigenvalue weighted by molar-refractivity contribution is -0.149. The average Bonchev–Trinajstić information content (AvgIpc) is 3.35. The second kappa shape index (κ2) is 11.1. The Morgan fingerprint density at radius 1 is 1.14 bits per heavy atom. The van der Waals surface area contributed by atoms with Crippen LogP contribution in [0.5, 0.6) is 0 Å². The van der Waals surface area contributed by atoms with Crippen LogP contribution in [0.25, 0.3) is 10.9 Å². The van der Waals surface area contributed by atoms with E-state index in [9.17, 15) is 19.2 Å². The first kappa shape index (κ1) is 25.7. The Hall–Kier alpha value is -3.43. The van der Waals surface area contributed by atoms with Crippen LogP contribution in [0.4, 0.5) is 10.1 Å². The molecule has 2 amide bonds. The normalized spacial score (nSPS) is 18.3. The number of pyridine rings is 1. The maximum atomic E-state index is 15.2. The van der Waals surface area contributed by atoms with Crippen molar-refractivity contribution in [1.82, 2.24) is 14.9 Å². The van der Waals surface area contributed by atoms with Crippen molar-refractivity contribution >= 4 is 34.4 Å². The molecule has 2 fully saturated rings. The molecule has 1 saturated heterocycles. The van der Waals surface area contributed by atoms with Gasteiger partial charge < -0.3 is 19.6 Å². The van der Waals surface area contributed by atoms with Crippen LogP contribution < -0.4 is 16.2 Å². The largest absolute Gasteiger partial charge is 0.380 e. The van der Waals surface area contributed by atoms with Crippen LogP contribution in [-0.4, -0.2) is 46.4 Å². The highest BCUT2D eigenvalue weighted by atomic mass is 19.1. The fourth-order valence-electron chi connectivity index (χ4n) is 5.08. The van der Waals surface area contributed by atoms with Gasteiger partial charge >= 0.3 is 5.97 Å². The van der Waals surface area contributed by atoms with Gasteiger partial charge in [-0.2, -0.15) is 5.48 Å². The highest BCUT2D eigenvalue weighted by molar-refractivity contribution is 5.97. The Labute approximate surface area is 208 Å². The lowest BCUT2D eigenvalue weighted by atomic mass is 9.95. The molecule has 36 heavy (non-hydrogen) atoms. The number of amides is 2. The van der Waals surface area contributed by atoms with E-state index in [4.69, 9.17) is 4.84 Å². The summed E-state index contributed by atoms with van der Waals surface area (Å²) in [5.41, 5.74) is 1.92. The minimum atomic E-state index is -0.883. The summed E-state index contributed by atoms with van der Waals surface area (Å²) in [6, 6.07) is 2.74. The monoisotopic (exact) mass is 500 g/mol. The van der Waals surface area contributed by atoms with Crippen LogP contribution in [-0.2, 0) is 14.4 Å². The molecule has 0 bridgehead atoms. The zero-order chi connectivity index (χ0) is 25.8. The summed E-state index contributed by atoms with van der Waals surface area (Å²) in [5.74, 6) is -2.13. The van der Waals surface area contributed by atoms with Crippen LogP contribution in [0.3, 0.4) is 0 Å². The molecule has 1 aromatic carbocycles. The summed E-state index contributed by atoms with van der Waals surface area (Å²) < 4.78 is 16.9. The molecule has 0 spiro atoms. The zero-order valence-electron chi connectivity index (χ0n) is 20.8. The molecule has 1 saturated carbocycles. The van der Waals surface area contributed by atoms with Gasteiger partial charge in [-0.15, -0.1) is 0 Å². The Bertz CT molecular complexity index is 1220. The molecule has 2 aromatic rings. The second-order valence-electron chi connectivity index (χ2n) is 9.67. The van der Waals surface area contributed by atoms with Crippen molar-refractivity contribution in [3.63, 3.8) is 0 Å². The number of aromatic nitrogens is 1. The van der Waals surface area contributed by atoms with Crippen molar-refractivity contribution in [3.05, 3.63) is 39.9 Å². The molecule has 1 aliphatic heterocycles. The Balaban J connectivity index is 1.75. The predicted molar refractivity (Wildman–Crippen MR) is 133 cm³/mol. The number of anilines is 1. The van der Waals surface area contributed by atoms with Crippen LogP contribution in [0.1, 0.15) is 81.6 Å². The molecular formula is C26H33FN4O5. The van der Waals surface area contributed by atoms with E-state index in [0.717, 1.165) is 31.7 Å². The molecule has 1 atom stereocenters. The van der Waals surface area contributed by atoms with Gasteiger partial charge in [0, 0.05) is 44.1 Å². The predicted octanol–water partition coefficient (Wildman–Crippen LogP) is 3.67. The Morgan fingerprint density at radius 2 is 1.89 bits per heavy atom. The van der Waals surface area contributed by atoms with Gasteiger partial charge in [0.2, 0.25) is 11.3 Å². The number of likely N-dealkylation sites (tertiary alicyclic amines) is 1. The van der Waals surface area contributed by atoms with Crippen LogP contribution in [0.15, 0.2) is 23.1 Å². The van der Waals surface area contributed by atoms with Crippen molar-refractivity contribution < 1.29 is 23.6 Å². The van der Waals surface area contributed by atoms with E-state index in [2.05, 4.69) is 5.32 Å². The molecule has 9 nitrogen and oxygen atoms in total. The van der Waals surface area contributed by atoms with E-state index in [0.29, 0.717) is 37.1 Å². The summed E-state index contributed by atoms with van der Waals surface area (Å²) in [4.78, 5) is 56.2. The van der Waals surface area contributed by atoms with Gasteiger partial charge in [0.1, 0.15) is 11.4 Å². The third-order valence-electron chi connectivity index (χ3n) is 7.04. The SMILES string of the molecule is CCCC(=O)ONC(=O)c1cn(C2CCN(C(C)=O)C2)c2cc(NC3CCCCC3)c(F)cc2c1=O. The zero-order valence-corrected chi connectivity index (χ0v) is 20.8. The number of halogens is 1. The van der Waals surface area contributed by atoms with Gasteiger partial charge in [0.05, 0.1) is 17.2 Å². The first-order chi connectivity index (χ1) is 17.3. The molecule has 10 heteroatoms. The smallest absolute Gasteiger partial charge is 0.332 e. The highest BCUT2D eigenvalue weighted by Crippen LogP contribution is 2.30. The lowest BCUT2D eigenvalue weighted by Crippen LogP contribution is -2.33. The lowest BCUT2D eigenvalue weighted by Gasteiger charge is -2.25. The summed E-state index contributed by atoms with van der Waals surface area (Å²) in [6.07, 6.45) is 7.95. The molecule has 1 aliphatic carbocycles. The first-order valence-corrected chi connectivity index (χ1v) is 12.7. The number of hydroxylamine groups is 1. The Morgan fingerprint density at radius 3 is 2.56 bits per heavy atom. The van der Waals surface area contributed by atoms with E-state index >= 15 is 4.39 Å². The van der Waals surface area contributed by atoms with E-state index < -0.39 is 23.1 Å². The fraction of sp³-hybridized carbons (Fsp3) is 0.538. The molecule has 2 N–H and O–H groups in total. The van der Waals surface area contributed by atoms with Gasteiger partial charge in [-0.25, -0.2) is 9.18 Å². The second-order valence-corrected chi connectivity index (χ2v) is 9.67. The van der Waals surface area contributed by atoms with E-state index in [-0.39, 0.29) is 35.4 Å². The Kier molecular flexibility index (Phi) is 7.91. The number of hydrogen-bond donors (Lipinski definition) is 2. The van der Waals surface area contributed by atoms with Crippen molar-refractivity contribution in [1.29, 1.82) is 0 Å². The van der Waals surface area contributed by atoms with Crippen LogP contribution in [0.2, 0.25) is 0 Å². The molecule has 194 valence electrons. The molecular weight excluding hydrogens is 467 g/mol. The number of rotatable bonds is 6. The molecule has 2 aliphatic rings. The van der Waals surface area contributed by atoms with Crippen LogP contribution >= 0.6 is 0 Å². The summed E-state index contributed by atoms with van der Waals surface area (Å²) in [7, 11) is 0. The topological polar surface area (TPSA) is 110 Å². The van der Waals surface area contributed by atoms with Gasteiger partial charge in [-0.1, -0.05) is 26.2 Å². The maximum absolute atomic E-state index is 15.2. The minimum absolute atomic E-state index is 0.0514. The summed E-state index contributed by atoms with van der Waals surface area (Å²) >= 11 is 0. The van der Waals surface area contributed by atoms with Gasteiger partial charge in [-0.05, 0) is 37.8 Å². The number of fused-ring (bicyclic) bond motifs is 1. The third-order valence-corrected chi connectivity index (χ3v) is 7.04. The van der Waals surface area contributed by atoms with Crippen molar-refractivity contribution in [2.45, 2.75) is 77.3 Å². The molecule has 0 radical (unpaired) electrons.